The van der Waals surface area contributed by atoms with Gasteiger partial charge in [-0.25, -0.2) is 0 Å². The van der Waals surface area contributed by atoms with Gasteiger partial charge in [-0.15, -0.1) is 0 Å². The first-order chi connectivity index (χ1) is 9.99. The quantitative estimate of drug-likeness (QED) is 0.435. The minimum Gasteiger partial charge on any atom is -0.508 e. The van der Waals surface area contributed by atoms with E-state index in [0.29, 0.717) is 12.3 Å². The summed E-state index contributed by atoms with van der Waals surface area (Å²) in [6, 6.07) is 5.23. The van der Waals surface area contributed by atoms with Crippen molar-refractivity contribution in [2.24, 2.45) is 5.92 Å². The molecule has 0 aliphatic heterocycles. The molecular formula is C18H26O3. The maximum absolute atomic E-state index is 11.6. The fraction of sp³-hybridized carbons (Fsp3) is 0.500. The Kier molecular flexibility index (Phi) is 7.59. The van der Waals surface area contributed by atoms with Gasteiger partial charge in [0.05, 0.1) is 0 Å². The molecule has 0 radical (unpaired) electrons. The third-order valence-corrected chi connectivity index (χ3v) is 3.18. The molecule has 0 spiro atoms. The van der Waals surface area contributed by atoms with Gasteiger partial charge < -0.3 is 9.84 Å². The summed E-state index contributed by atoms with van der Waals surface area (Å²) in [5.74, 6) is 0.692. The number of carbonyl (C=O) groups excluding carboxylic acids is 1. The average molecular weight is 290 g/mol. The Morgan fingerprint density at radius 3 is 2.76 bits per heavy atom. The van der Waals surface area contributed by atoms with Gasteiger partial charge in [0.1, 0.15) is 12.4 Å². The van der Waals surface area contributed by atoms with E-state index in [1.54, 1.807) is 12.1 Å². The number of phenols is 1. The molecule has 0 bridgehead atoms. The van der Waals surface area contributed by atoms with Crippen LogP contribution in [0.15, 0.2) is 30.4 Å². The van der Waals surface area contributed by atoms with Crippen LogP contribution in [0.25, 0.3) is 0 Å². The van der Waals surface area contributed by atoms with Gasteiger partial charge in [0.2, 0.25) is 0 Å². The zero-order valence-electron chi connectivity index (χ0n) is 13.3. The van der Waals surface area contributed by atoms with Gasteiger partial charge in [0.25, 0.3) is 0 Å². The van der Waals surface area contributed by atoms with Crippen LogP contribution in [-0.4, -0.2) is 11.1 Å². The van der Waals surface area contributed by atoms with Crippen LogP contribution in [0.1, 0.15) is 50.7 Å². The number of unbranched alkanes of at least 4 members (excludes halogenated alkanes) is 2. The van der Waals surface area contributed by atoms with Gasteiger partial charge in [0, 0.05) is 6.42 Å². The molecule has 1 rings (SSSR count). The second kappa shape index (κ2) is 9.22. The summed E-state index contributed by atoms with van der Waals surface area (Å²) >= 11 is 0. The van der Waals surface area contributed by atoms with Crippen LogP contribution in [0.2, 0.25) is 0 Å². The van der Waals surface area contributed by atoms with Crippen LogP contribution in [0.5, 0.6) is 5.75 Å². The predicted octanol–water partition coefficient (Wildman–Crippen LogP) is 4.52. The molecule has 1 N–H and O–H groups in total. The third kappa shape index (κ3) is 7.54. The van der Waals surface area contributed by atoms with Crippen molar-refractivity contribution in [1.29, 1.82) is 0 Å². The van der Waals surface area contributed by atoms with Crippen molar-refractivity contribution in [2.45, 2.75) is 53.1 Å². The number of phenolic OH excluding ortho intramolecular Hbond substituents is 1. The fourth-order valence-electron chi connectivity index (χ4n) is 1.94. The molecule has 1 aromatic carbocycles. The first kappa shape index (κ1) is 17.3. The molecule has 0 saturated carbocycles. The molecule has 3 nitrogen and oxygen atoms in total. The molecule has 0 atom stereocenters. The number of carbonyl (C=O) groups is 1. The lowest BCUT2D eigenvalue weighted by Gasteiger charge is -2.06. The van der Waals surface area contributed by atoms with E-state index in [1.165, 1.54) is 0 Å². The maximum Gasteiger partial charge on any atom is 0.306 e. The average Bonchev–Trinajstić information content (AvgIpc) is 2.43. The third-order valence-electron chi connectivity index (χ3n) is 3.18. The minimum atomic E-state index is -0.159. The summed E-state index contributed by atoms with van der Waals surface area (Å²) in [6.07, 6.45) is 7.71. The number of allylic oxidation sites excluding steroid dienone is 2. The molecule has 0 saturated heterocycles. The van der Waals surface area contributed by atoms with Gasteiger partial charge in [0.15, 0.2) is 0 Å². The molecule has 0 heterocycles. The maximum atomic E-state index is 11.6. The van der Waals surface area contributed by atoms with Gasteiger partial charge in [-0.2, -0.15) is 0 Å². The standard InChI is InChI=1S/C18H26O3/c1-14(2)8-6-4-5-7-9-18(20)21-13-16-10-11-17(19)15(3)12-16/h6,8,10-12,14,19H,4-5,7,9,13H2,1-3H3/b8-6+. The van der Waals surface area contributed by atoms with Crippen LogP contribution in [0.3, 0.4) is 0 Å². The first-order valence-corrected chi connectivity index (χ1v) is 7.60. The Balaban J connectivity index is 2.18. The Bertz CT molecular complexity index is 475. The zero-order valence-corrected chi connectivity index (χ0v) is 13.3. The van der Waals surface area contributed by atoms with Gasteiger partial charge >= 0.3 is 5.97 Å². The van der Waals surface area contributed by atoms with Crippen LogP contribution in [0, 0.1) is 12.8 Å². The van der Waals surface area contributed by atoms with Crippen molar-refractivity contribution in [3.63, 3.8) is 0 Å². The van der Waals surface area contributed by atoms with Crippen molar-refractivity contribution in [2.75, 3.05) is 0 Å². The summed E-state index contributed by atoms with van der Waals surface area (Å²) in [7, 11) is 0. The van der Waals surface area contributed by atoms with E-state index in [2.05, 4.69) is 26.0 Å². The Hall–Kier alpha value is -1.77. The number of benzene rings is 1. The minimum absolute atomic E-state index is 0.159. The van der Waals surface area contributed by atoms with Crippen molar-refractivity contribution in [1.82, 2.24) is 0 Å². The largest absolute Gasteiger partial charge is 0.508 e. The molecule has 0 aliphatic rings. The highest BCUT2D eigenvalue weighted by Gasteiger charge is 2.04. The monoisotopic (exact) mass is 290 g/mol. The first-order valence-electron chi connectivity index (χ1n) is 7.60. The normalized spacial score (nSPS) is 11.2. The van der Waals surface area contributed by atoms with Crippen LogP contribution < -0.4 is 0 Å². The molecule has 1 aromatic rings. The predicted molar refractivity (Wildman–Crippen MR) is 85.1 cm³/mol. The van der Waals surface area contributed by atoms with E-state index in [-0.39, 0.29) is 18.3 Å². The Morgan fingerprint density at radius 2 is 2.10 bits per heavy atom. The highest BCUT2D eigenvalue weighted by Crippen LogP contribution is 2.17. The molecule has 0 fully saturated rings. The summed E-state index contributed by atoms with van der Waals surface area (Å²) in [4.78, 5) is 11.6. The number of aromatic hydroxyl groups is 1. The number of hydrogen-bond donors (Lipinski definition) is 1. The lowest BCUT2D eigenvalue weighted by atomic mass is 10.1. The SMILES string of the molecule is Cc1cc(COC(=O)CCCC/C=C/C(C)C)ccc1O. The molecule has 0 unspecified atom stereocenters. The van der Waals surface area contributed by atoms with Crippen LogP contribution in [-0.2, 0) is 16.1 Å². The summed E-state index contributed by atoms with van der Waals surface area (Å²) in [5, 5.41) is 9.43. The highest BCUT2D eigenvalue weighted by molar-refractivity contribution is 5.69. The number of esters is 1. The molecule has 3 heteroatoms. The number of hydrogen-bond acceptors (Lipinski definition) is 3. The summed E-state index contributed by atoms with van der Waals surface area (Å²) in [5.41, 5.74) is 1.69. The van der Waals surface area contributed by atoms with Crippen molar-refractivity contribution >= 4 is 5.97 Å². The zero-order chi connectivity index (χ0) is 15.7. The van der Waals surface area contributed by atoms with Crippen LogP contribution >= 0.6 is 0 Å². The van der Waals surface area contributed by atoms with Crippen LogP contribution in [0.4, 0.5) is 0 Å². The highest BCUT2D eigenvalue weighted by atomic mass is 16.5. The summed E-state index contributed by atoms with van der Waals surface area (Å²) < 4.78 is 5.23. The lowest BCUT2D eigenvalue weighted by Crippen LogP contribution is -2.04. The molecule has 21 heavy (non-hydrogen) atoms. The molecule has 0 aromatic heterocycles. The van der Waals surface area contributed by atoms with Crippen molar-refractivity contribution < 1.29 is 14.6 Å². The van der Waals surface area contributed by atoms with Gasteiger partial charge in [-0.3, -0.25) is 4.79 Å². The second-order valence-corrected chi connectivity index (χ2v) is 5.70. The van der Waals surface area contributed by atoms with Gasteiger partial charge in [-0.1, -0.05) is 32.1 Å². The van der Waals surface area contributed by atoms with E-state index in [9.17, 15) is 9.90 Å². The lowest BCUT2D eigenvalue weighted by molar-refractivity contribution is -0.145. The van der Waals surface area contributed by atoms with E-state index in [0.717, 1.165) is 30.4 Å². The van der Waals surface area contributed by atoms with Crippen molar-refractivity contribution in [3.8, 4) is 5.75 Å². The molecular weight excluding hydrogens is 264 g/mol. The van der Waals surface area contributed by atoms with E-state index in [4.69, 9.17) is 4.74 Å². The topological polar surface area (TPSA) is 46.5 Å². The van der Waals surface area contributed by atoms with Crippen molar-refractivity contribution in [3.05, 3.63) is 41.5 Å². The second-order valence-electron chi connectivity index (χ2n) is 5.70. The number of aryl methyl sites for hydroxylation is 1. The molecule has 0 aliphatic carbocycles. The fourth-order valence-corrected chi connectivity index (χ4v) is 1.94. The number of rotatable bonds is 8. The van der Waals surface area contributed by atoms with E-state index >= 15 is 0 Å². The molecule has 116 valence electrons. The van der Waals surface area contributed by atoms with E-state index < -0.39 is 0 Å². The Morgan fingerprint density at radius 1 is 1.33 bits per heavy atom. The van der Waals surface area contributed by atoms with E-state index in [1.807, 2.05) is 13.0 Å². The number of ether oxygens (including phenoxy) is 1. The smallest absolute Gasteiger partial charge is 0.306 e. The van der Waals surface area contributed by atoms with Gasteiger partial charge in [-0.05, 0) is 55.4 Å². The molecule has 0 amide bonds. The summed E-state index contributed by atoms with van der Waals surface area (Å²) in [6.45, 7) is 6.40. The Labute approximate surface area is 127 Å².